The monoisotopic (exact) mass is 265 g/mol. The molecule has 0 amide bonds. The van der Waals surface area contributed by atoms with Crippen molar-refractivity contribution in [3.05, 3.63) is 0 Å². The van der Waals surface area contributed by atoms with E-state index in [0.29, 0.717) is 26.1 Å². The van der Waals surface area contributed by atoms with Crippen LogP contribution in [0.2, 0.25) is 0 Å². The number of hydrogen-bond acceptors (Lipinski definition) is 5. The van der Waals surface area contributed by atoms with Crippen LogP contribution in [0.1, 0.15) is 19.8 Å². The third-order valence-corrected chi connectivity index (χ3v) is 5.51. The second kappa shape index (κ2) is 5.65. The van der Waals surface area contributed by atoms with Crippen molar-refractivity contribution >= 4 is 15.9 Å². The Bertz CT molecular complexity index is 376. The Morgan fingerprint density at radius 3 is 2.53 bits per heavy atom. The fourth-order valence-electron chi connectivity index (χ4n) is 1.70. The second-order valence-corrected chi connectivity index (χ2v) is 6.35. The quantitative estimate of drug-likeness (QED) is 0.310. The van der Waals surface area contributed by atoms with Gasteiger partial charge in [0.1, 0.15) is 0 Å². The van der Waals surface area contributed by atoms with Crippen molar-refractivity contribution in [1.29, 1.82) is 0 Å². The van der Waals surface area contributed by atoms with Gasteiger partial charge in [-0.25, -0.2) is 8.42 Å². The summed E-state index contributed by atoms with van der Waals surface area (Å²) < 4.78 is 30.7. The van der Waals surface area contributed by atoms with Crippen LogP contribution in [0.15, 0.2) is 5.16 Å². The largest absolute Gasteiger partial charge is 0.409 e. The average Bonchev–Trinajstić information content (AvgIpc) is 2.37. The predicted octanol–water partition coefficient (Wildman–Crippen LogP) is -0.438. The summed E-state index contributed by atoms with van der Waals surface area (Å²) in [6.07, 6.45) is 0.963. The summed E-state index contributed by atoms with van der Waals surface area (Å²) in [4.78, 5) is 0. The fourth-order valence-corrected chi connectivity index (χ4v) is 3.51. The van der Waals surface area contributed by atoms with Crippen molar-refractivity contribution in [3.63, 3.8) is 0 Å². The molecule has 1 atom stereocenters. The number of ether oxygens (including phenoxy) is 1. The SMILES string of the molecule is CC(C(N)=NO)N(C)S(=O)(=O)C1CCOCC1. The minimum atomic E-state index is -3.44. The highest BCUT2D eigenvalue weighted by Gasteiger charge is 2.34. The Morgan fingerprint density at radius 1 is 1.53 bits per heavy atom. The lowest BCUT2D eigenvalue weighted by Crippen LogP contribution is -2.48. The van der Waals surface area contributed by atoms with Gasteiger partial charge in [-0.2, -0.15) is 4.31 Å². The molecule has 0 bridgehead atoms. The predicted molar refractivity (Wildman–Crippen MR) is 63.4 cm³/mol. The zero-order valence-corrected chi connectivity index (χ0v) is 10.9. The number of hydrogen-bond donors (Lipinski definition) is 2. The lowest BCUT2D eigenvalue weighted by atomic mass is 10.2. The zero-order chi connectivity index (χ0) is 13.1. The number of nitrogens with zero attached hydrogens (tertiary/aromatic N) is 2. The maximum absolute atomic E-state index is 12.2. The molecule has 1 unspecified atom stereocenters. The van der Waals surface area contributed by atoms with E-state index < -0.39 is 21.3 Å². The molecule has 0 aromatic heterocycles. The summed E-state index contributed by atoms with van der Waals surface area (Å²) in [7, 11) is -2.00. The van der Waals surface area contributed by atoms with Crippen LogP contribution >= 0.6 is 0 Å². The van der Waals surface area contributed by atoms with Crippen molar-refractivity contribution in [1.82, 2.24) is 4.31 Å². The molecule has 3 N–H and O–H groups in total. The first kappa shape index (κ1) is 14.2. The molecule has 0 spiro atoms. The Hall–Kier alpha value is -0.860. The molecule has 0 aliphatic carbocycles. The third-order valence-electron chi connectivity index (χ3n) is 3.08. The van der Waals surface area contributed by atoms with Crippen LogP contribution in [0.25, 0.3) is 0 Å². The summed E-state index contributed by atoms with van der Waals surface area (Å²) in [5, 5.41) is 10.9. The molecule has 1 saturated heterocycles. The van der Waals surface area contributed by atoms with Crippen molar-refractivity contribution < 1.29 is 18.4 Å². The van der Waals surface area contributed by atoms with Gasteiger partial charge in [-0.1, -0.05) is 5.16 Å². The third kappa shape index (κ3) is 3.08. The van der Waals surface area contributed by atoms with Crippen LogP contribution in [0.3, 0.4) is 0 Å². The molecule has 100 valence electrons. The summed E-state index contributed by atoms with van der Waals surface area (Å²) in [5.41, 5.74) is 5.41. The highest BCUT2D eigenvalue weighted by molar-refractivity contribution is 7.89. The van der Waals surface area contributed by atoms with Crippen LogP contribution in [0, 0.1) is 0 Å². The highest BCUT2D eigenvalue weighted by Crippen LogP contribution is 2.20. The van der Waals surface area contributed by atoms with Crippen LogP contribution in [0.5, 0.6) is 0 Å². The summed E-state index contributed by atoms with van der Waals surface area (Å²) in [6.45, 7) is 2.48. The lowest BCUT2D eigenvalue weighted by molar-refractivity contribution is 0.0973. The molecule has 1 fully saturated rings. The normalized spacial score (nSPS) is 21.7. The van der Waals surface area contributed by atoms with Gasteiger partial charge >= 0.3 is 0 Å². The van der Waals surface area contributed by atoms with E-state index in [9.17, 15) is 8.42 Å². The van der Waals surface area contributed by atoms with E-state index >= 15 is 0 Å². The van der Waals surface area contributed by atoms with Gasteiger partial charge in [0.2, 0.25) is 10.0 Å². The average molecular weight is 265 g/mol. The number of amidine groups is 1. The Kier molecular flexibility index (Phi) is 4.72. The van der Waals surface area contributed by atoms with Gasteiger partial charge in [-0.15, -0.1) is 0 Å². The molecule has 8 heteroatoms. The van der Waals surface area contributed by atoms with E-state index in [0.717, 1.165) is 4.31 Å². The smallest absolute Gasteiger partial charge is 0.217 e. The first-order valence-electron chi connectivity index (χ1n) is 5.43. The van der Waals surface area contributed by atoms with Crippen molar-refractivity contribution in [3.8, 4) is 0 Å². The minimum Gasteiger partial charge on any atom is -0.409 e. The van der Waals surface area contributed by atoms with E-state index in [1.807, 2.05) is 0 Å². The lowest BCUT2D eigenvalue weighted by Gasteiger charge is -2.30. The molecule has 1 aliphatic rings. The number of sulfonamides is 1. The Morgan fingerprint density at radius 2 is 2.06 bits per heavy atom. The van der Waals surface area contributed by atoms with E-state index in [-0.39, 0.29) is 5.84 Å². The standard InChI is InChI=1S/C9H19N3O4S/c1-7(9(10)11-13)12(2)17(14,15)8-3-5-16-6-4-8/h7-8,13H,3-6H2,1-2H3,(H2,10,11). The summed E-state index contributed by atoms with van der Waals surface area (Å²) in [5.74, 6) is -0.122. The number of nitrogens with two attached hydrogens (primary N) is 1. The fraction of sp³-hybridized carbons (Fsp3) is 0.889. The van der Waals surface area contributed by atoms with Gasteiger partial charge in [0.15, 0.2) is 5.84 Å². The van der Waals surface area contributed by atoms with Crippen LogP contribution < -0.4 is 5.73 Å². The van der Waals surface area contributed by atoms with E-state index in [2.05, 4.69) is 5.16 Å². The maximum atomic E-state index is 12.2. The zero-order valence-electron chi connectivity index (χ0n) is 10.0. The molecular formula is C9H19N3O4S. The van der Waals surface area contributed by atoms with Gasteiger partial charge < -0.3 is 15.7 Å². The first-order chi connectivity index (χ1) is 7.91. The molecule has 0 aromatic carbocycles. The van der Waals surface area contributed by atoms with E-state index in [1.165, 1.54) is 7.05 Å². The van der Waals surface area contributed by atoms with Crippen LogP contribution in [-0.2, 0) is 14.8 Å². The van der Waals surface area contributed by atoms with Gasteiger partial charge in [-0.3, -0.25) is 0 Å². The van der Waals surface area contributed by atoms with Crippen molar-refractivity contribution in [2.24, 2.45) is 10.9 Å². The highest BCUT2D eigenvalue weighted by atomic mass is 32.2. The molecule has 0 saturated carbocycles. The molecule has 7 nitrogen and oxygen atoms in total. The molecular weight excluding hydrogens is 246 g/mol. The van der Waals surface area contributed by atoms with Gasteiger partial charge in [0.25, 0.3) is 0 Å². The molecule has 0 aromatic rings. The first-order valence-corrected chi connectivity index (χ1v) is 6.93. The van der Waals surface area contributed by atoms with Crippen molar-refractivity contribution in [2.75, 3.05) is 20.3 Å². The Labute approximate surface area is 101 Å². The van der Waals surface area contributed by atoms with Crippen LogP contribution in [-0.4, -0.2) is 55.3 Å². The van der Waals surface area contributed by atoms with Gasteiger partial charge in [-0.05, 0) is 19.8 Å². The summed E-state index contributed by atoms with van der Waals surface area (Å²) >= 11 is 0. The molecule has 1 rings (SSSR count). The molecule has 0 radical (unpaired) electrons. The number of oxime groups is 1. The van der Waals surface area contributed by atoms with Crippen molar-refractivity contribution in [2.45, 2.75) is 31.1 Å². The second-order valence-electron chi connectivity index (χ2n) is 4.07. The maximum Gasteiger partial charge on any atom is 0.217 e. The van der Waals surface area contributed by atoms with E-state index in [4.69, 9.17) is 15.7 Å². The number of likely N-dealkylation sites (N-methyl/N-ethyl adjacent to an activating group) is 1. The van der Waals surface area contributed by atoms with Gasteiger partial charge in [0.05, 0.1) is 11.3 Å². The van der Waals surface area contributed by atoms with Crippen LogP contribution in [0.4, 0.5) is 0 Å². The van der Waals surface area contributed by atoms with E-state index in [1.54, 1.807) is 6.92 Å². The molecule has 1 aliphatic heterocycles. The summed E-state index contributed by atoms with van der Waals surface area (Å²) in [6, 6.07) is -0.659. The molecule has 17 heavy (non-hydrogen) atoms. The molecule has 1 heterocycles. The van der Waals surface area contributed by atoms with Gasteiger partial charge in [0, 0.05) is 20.3 Å². The minimum absolute atomic E-state index is 0.122. The topological polar surface area (TPSA) is 105 Å². The number of rotatable bonds is 4. The Balaban J connectivity index is 2.82.